The second kappa shape index (κ2) is 5.16. The van der Waals surface area contributed by atoms with Gasteiger partial charge in [0.2, 0.25) is 0 Å². The first-order chi connectivity index (χ1) is 6.86. The molecule has 2 rings (SSSR count). The molecule has 82 valence electrons. The molecule has 0 bridgehead atoms. The molecule has 0 aliphatic heterocycles. The van der Waals surface area contributed by atoms with Crippen LogP contribution in [0.4, 0.5) is 0 Å². The van der Waals surface area contributed by atoms with Crippen molar-refractivity contribution in [2.75, 3.05) is 6.54 Å². The highest BCUT2D eigenvalue weighted by Gasteiger charge is 2.21. The van der Waals surface area contributed by atoms with Crippen LogP contribution in [-0.4, -0.2) is 12.6 Å². The van der Waals surface area contributed by atoms with Gasteiger partial charge in [0.25, 0.3) is 0 Å². The smallest absolute Gasteiger partial charge is 0.00926 e. The van der Waals surface area contributed by atoms with Crippen LogP contribution >= 0.6 is 0 Å². The van der Waals surface area contributed by atoms with Gasteiger partial charge in [-0.25, -0.2) is 0 Å². The van der Waals surface area contributed by atoms with E-state index in [9.17, 15) is 0 Å². The van der Waals surface area contributed by atoms with E-state index in [4.69, 9.17) is 0 Å². The van der Waals surface area contributed by atoms with Crippen molar-refractivity contribution in [3.8, 4) is 0 Å². The third-order valence-corrected chi connectivity index (χ3v) is 4.30. The maximum absolute atomic E-state index is 3.77. The molecule has 0 heterocycles. The molecule has 0 aromatic rings. The van der Waals surface area contributed by atoms with E-state index in [-0.39, 0.29) is 0 Å². The van der Waals surface area contributed by atoms with E-state index in [1.165, 1.54) is 57.9 Å². The van der Waals surface area contributed by atoms with E-state index in [0.29, 0.717) is 0 Å². The summed E-state index contributed by atoms with van der Waals surface area (Å²) in [5.74, 6) is 1.99. The third-order valence-electron chi connectivity index (χ3n) is 4.30. The largest absolute Gasteiger partial charge is 0.314 e. The summed E-state index contributed by atoms with van der Waals surface area (Å²) < 4.78 is 0. The second-order valence-electron chi connectivity index (χ2n) is 5.41. The predicted molar refractivity (Wildman–Crippen MR) is 61.4 cm³/mol. The molecule has 0 aromatic heterocycles. The van der Waals surface area contributed by atoms with Crippen molar-refractivity contribution >= 4 is 0 Å². The molecule has 0 amide bonds. The van der Waals surface area contributed by atoms with Crippen molar-refractivity contribution in [3.63, 3.8) is 0 Å². The standard InChI is InChI=1S/C13H25N/c1-11-5-2-3-8-13(11)14-10-9-12-6-4-7-12/h11-14H,2-10H2,1H3. The van der Waals surface area contributed by atoms with E-state index in [2.05, 4.69) is 12.2 Å². The quantitative estimate of drug-likeness (QED) is 0.725. The van der Waals surface area contributed by atoms with Crippen LogP contribution in [0.3, 0.4) is 0 Å². The first kappa shape index (κ1) is 10.5. The van der Waals surface area contributed by atoms with Gasteiger partial charge in [0.15, 0.2) is 0 Å². The number of hydrogen-bond donors (Lipinski definition) is 1. The third kappa shape index (κ3) is 2.73. The Labute approximate surface area is 88.7 Å². The van der Waals surface area contributed by atoms with Gasteiger partial charge in [0.05, 0.1) is 0 Å². The maximum atomic E-state index is 3.77. The van der Waals surface area contributed by atoms with Gasteiger partial charge in [0, 0.05) is 6.04 Å². The van der Waals surface area contributed by atoms with Crippen molar-refractivity contribution in [3.05, 3.63) is 0 Å². The summed E-state index contributed by atoms with van der Waals surface area (Å²) in [6.45, 7) is 3.69. The topological polar surface area (TPSA) is 12.0 Å². The van der Waals surface area contributed by atoms with E-state index in [1.54, 1.807) is 0 Å². The van der Waals surface area contributed by atoms with E-state index in [1.807, 2.05) is 0 Å². The van der Waals surface area contributed by atoms with E-state index >= 15 is 0 Å². The van der Waals surface area contributed by atoms with E-state index in [0.717, 1.165) is 17.9 Å². The van der Waals surface area contributed by atoms with Gasteiger partial charge < -0.3 is 5.32 Å². The average molecular weight is 195 g/mol. The summed E-state index contributed by atoms with van der Waals surface area (Å²) in [4.78, 5) is 0. The summed E-state index contributed by atoms with van der Waals surface area (Å²) in [7, 11) is 0. The Bertz CT molecular complexity index is 163. The van der Waals surface area contributed by atoms with Crippen molar-refractivity contribution in [1.29, 1.82) is 0 Å². The lowest BCUT2D eigenvalue weighted by Crippen LogP contribution is -2.38. The molecule has 2 fully saturated rings. The van der Waals surface area contributed by atoms with Gasteiger partial charge >= 0.3 is 0 Å². The first-order valence-corrected chi connectivity index (χ1v) is 6.59. The lowest BCUT2D eigenvalue weighted by Gasteiger charge is -2.31. The highest BCUT2D eigenvalue weighted by molar-refractivity contribution is 4.79. The molecule has 2 saturated carbocycles. The van der Waals surface area contributed by atoms with Gasteiger partial charge in [-0.1, -0.05) is 39.0 Å². The maximum Gasteiger partial charge on any atom is 0.00926 e. The Morgan fingerprint density at radius 2 is 1.79 bits per heavy atom. The highest BCUT2D eigenvalue weighted by Crippen LogP contribution is 2.29. The number of hydrogen-bond acceptors (Lipinski definition) is 1. The molecule has 2 aliphatic rings. The molecule has 0 radical (unpaired) electrons. The van der Waals surface area contributed by atoms with Crippen LogP contribution in [0.15, 0.2) is 0 Å². The fourth-order valence-electron chi connectivity index (χ4n) is 2.87. The minimum Gasteiger partial charge on any atom is -0.314 e. The molecule has 2 unspecified atom stereocenters. The minimum atomic E-state index is 0.837. The molecule has 0 aromatic carbocycles. The van der Waals surface area contributed by atoms with Crippen LogP contribution in [0.25, 0.3) is 0 Å². The van der Waals surface area contributed by atoms with Gasteiger partial charge in [-0.2, -0.15) is 0 Å². The normalized spacial score (nSPS) is 34.1. The van der Waals surface area contributed by atoms with Crippen LogP contribution < -0.4 is 5.32 Å². The number of rotatable bonds is 4. The molecule has 0 spiro atoms. The van der Waals surface area contributed by atoms with Crippen LogP contribution in [-0.2, 0) is 0 Å². The zero-order chi connectivity index (χ0) is 9.80. The summed E-state index contributed by atoms with van der Waals surface area (Å²) >= 11 is 0. The van der Waals surface area contributed by atoms with Gasteiger partial charge in [0.1, 0.15) is 0 Å². The summed E-state index contributed by atoms with van der Waals surface area (Å²) in [5.41, 5.74) is 0. The van der Waals surface area contributed by atoms with Crippen molar-refractivity contribution < 1.29 is 0 Å². The molecule has 1 nitrogen and oxygen atoms in total. The zero-order valence-corrected chi connectivity index (χ0v) is 9.60. The lowest BCUT2D eigenvalue weighted by atomic mass is 9.82. The first-order valence-electron chi connectivity index (χ1n) is 6.59. The van der Waals surface area contributed by atoms with Crippen LogP contribution in [0.1, 0.15) is 58.3 Å². The Balaban J connectivity index is 1.58. The molecular formula is C13H25N. The molecule has 14 heavy (non-hydrogen) atoms. The Morgan fingerprint density at radius 1 is 1.00 bits per heavy atom. The highest BCUT2D eigenvalue weighted by atomic mass is 14.9. The fourth-order valence-corrected chi connectivity index (χ4v) is 2.87. The Kier molecular flexibility index (Phi) is 3.86. The summed E-state index contributed by atoms with van der Waals surface area (Å²) in [5, 5.41) is 3.77. The Hall–Kier alpha value is -0.0400. The lowest BCUT2D eigenvalue weighted by molar-refractivity contribution is 0.250. The van der Waals surface area contributed by atoms with Crippen LogP contribution in [0.2, 0.25) is 0 Å². The van der Waals surface area contributed by atoms with Gasteiger partial charge in [-0.3, -0.25) is 0 Å². The molecule has 1 N–H and O–H groups in total. The molecule has 0 saturated heterocycles. The van der Waals surface area contributed by atoms with Gasteiger partial charge in [-0.15, -0.1) is 0 Å². The fraction of sp³-hybridized carbons (Fsp3) is 1.00. The van der Waals surface area contributed by atoms with Gasteiger partial charge in [-0.05, 0) is 37.6 Å². The van der Waals surface area contributed by atoms with E-state index < -0.39 is 0 Å². The summed E-state index contributed by atoms with van der Waals surface area (Å²) in [6.07, 6.45) is 11.7. The molecular weight excluding hydrogens is 170 g/mol. The number of nitrogens with one attached hydrogen (secondary N) is 1. The van der Waals surface area contributed by atoms with Crippen molar-refractivity contribution in [2.45, 2.75) is 64.3 Å². The molecule has 1 heteroatoms. The molecule has 2 atom stereocenters. The second-order valence-corrected chi connectivity index (χ2v) is 5.41. The SMILES string of the molecule is CC1CCCCC1NCCC1CCC1. The monoisotopic (exact) mass is 195 g/mol. The minimum absolute atomic E-state index is 0.837. The zero-order valence-electron chi connectivity index (χ0n) is 9.60. The molecule has 2 aliphatic carbocycles. The van der Waals surface area contributed by atoms with Crippen molar-refractivity contribution in [2.24, 2.45) is 11.8 Å². The van der Waals surface area contributed by atoms with Crippen LogP contribution in [0.5, 0.6) is 0 Å². The summed E-state index contributed by atoms with van der Waals surface area (Å²) in [6, 6.07) is 0.837. The van der Waals surface area contributed by atoms with Crippen LogP contribution in [0, 0.1) is 11.8 Å². The average Bonchev–Trinajstić information content (AvgIpc) is 2.12. The predicted octanol–water partition coefficient (Wildman–Crippen LogP) is 3.34. The Morgan fingerprint density at radius 3 is 2.43 bits per heavy atom. The van der Waals surface area contributed by atoms with Crippen molar-refractivity contribution in [1.82, 2.24) is 5.32 Å².